The van der Waals surface area contributed by atoms with E-state index < -0.39 is 0 Å². The van der Waals surface area contributed by atoms with Crippen molar-refractivity contribution in [2.45, 2.75) is 45.6 Å². The third-order valence-corrected chi connectivity index (χ3v) is 3.35. The predicted molar refractivity (Wildman–Crippen MR) is 78.0 cm³/mol. The molecule has 0 aliphatic rings. The normalized spacial score (nSPS) is 14.0. The van der Waals surface area contributed by atoms with Crippen LogP contribution in [0.1, 0.15) is 50.0 Å². The third kappa shape index (κ3) is 4.11. The molecule has 1 unspecified atom stereocenters. The molecule has 102 valence electrons. The molecule has 0 bridgehead atoms. The zero-order chi connectivity index (χ0) is 13.9. The number of benzene rings is 1. The molecule has 0 saturated heterocycles. The Labute approximate surface area is 112 Å². The van der Waals surface area contributed by atoms with Crippen LogP contribution in [0.2, 0.25) is 0 Å². The minimum atomic E-state index is -0.366. The van der Waals surface area contributed by atoms with Gasteiger partial charge in [-0.05, 0) is 49.5 Å². The molecule has 18 heavy (non-hydrogen) atoms. The van der Waals surface area contributed by atoms with Crippen LogP contribution in [0, 0.1) is 6.92 Å². The van der Waals surface area contributed by atoms with Crippen molar-refractivity contribution in [3.63, 3.8) is 0 Å². The molecule has 0 aliphatic carbocycles. The SMILES string of the molecule is Cc1ccc(C(C)(C)C)cc1C(O)CCN(C)C. The summed E-state index contributed by atoms with van der Waals surface area (Å²) < 4.78 is 0. The standard InChI is InChI=1S/C16H27NO/c1-12-7-8-13(16(2,3)4)11-14(12)15(18)9-10-17(5)6/h7-8,11,15,18H,9-10H2,1-6H3. The summed E-state index contributed by atoms with van der Waals surface area (Å²) in [5.74, 6) is 0. The second-order valence-corrected chi connectivity index (χ2v) is 6.43. The number of aryl methyl sites for hydroxylation is 1. The molecule has 0 heterocycles. The van der Waals surface area contributed by atoms with Crippen LogP contribution < -0.4 is 0 Å². The van der Waals surface area contributed by atoms with E-state index in [0.29, 0.717) is 0 Å². The second-order valence-electron chi connectivity index (χ2n) is 6.43. The van der Waals surface area contributed by atoms with Gasteiger partial charge < -0.3 is 10.0 Å². The summed E-state index contributed by atoms with van der Waals surface area (Å²) in [7, 11) is 4.07. The van der Waals surface area contributed by atoms with Gasteiger partial charge >= 0.3 is 0 Å². The lowest BCUT2D eigenvalue weighted by Crippen LogP contribution is -2.17. The Morgan fingerprint density at radius 3 is 2.33 bits per heavy atom. The van der Waals surface area contributed by atoms with E-state index in [4.69, 9.17) is 0 Å². The van der Waals surface area contributed by atoms with Gasteiger partial charge in [-0.3, -0.25) is 0 Å². The first kappa shape index (κ1) is 15.2. The molecule has 1 atom stereocenters. The monoisotopic (exact) mass is 249 g/mol. The first-order valence-electron chi connectivity index (χ1n) is 6.65. The molecular weight excluding hydrogens is 222 g/mol. The molecule has 1 aromatic rings. The van der Waals surface area contributed by atoms with E-state index >= 15 is 0 Å². The smallest absolute Gasteiger partial charge is 0.0804 e. The van der Waals surface area contributed by atoms with Crippen molar-refractivity contribution in [3.05, 3.63) is 34.9 Å². The quantitative estimate of drug-likeness (QED) is 0.885. The highest BCUT2D eigenvalue weighted by atomic mass is 16.3. The van der Waals surface area contributed by atoms with Crippen LogP contribution in [0.5, 0.6) is 0 Å². The van der Waals surface area contributed by atoms with Gasteiger partial charge in [0.1, 0.15) is 0 Å². The molecule has 0 aromatic heterocycles. The van der Waals surface area contributed by atoms with Gasteiger partial charge in [0, 0.05) is 6.54 Å². The van der Waals surface area contributed by atoms with Crippen molar-refractivity contribution in [1.29, 1.82) is 0 Å². The average molecular weight is 249 g/mol. The Balaban J connectivity index is 2.93. The fourth-order valence-corrected chi connectivity index (χ4v) is 2.00. The van der Waals surface area contributed by atoms with Crippen LogP contribution in [0.15, 0.2) is 18.2 Å². The molecule has 0 fully saturated rings. The van der Waals surface area contributed by atoms with Gasteiger partial charge in [-0.1, -0.05) is 39.0 Å². The summed E-state index contributed by atoms with van der Waals surface area (Å²) in [4.78, 5) is 2.10. The van der Waals surface area contributed by atoms with E-state index in [9.17, 15) is 5.11 Å². The number of aliphatic hydroxyl groups excluding tert-OH is 1. The minimum absolute atomic E-state index is 0.129. The molecule has 2 nitrogen and oxygen atoms in total. The molecule has 0 radical (unpaired) electrons. The average Bonchev–Trinajstić information content (AvgIpc) is 2.24. The lowest BCUT2D eigenvalue weighted by atomic mass is 9.84. The molecular formula is C16H27NO. The molecule has 0 spiro atoms. The minimum Gasteiger partial charge on any atom is -0.388 e. The fraction of sp³-hybridized carbons (Fsp3) is 0.625. The summed E-state index contributed by atoms with van der Waals surface area (Å²) in [6, 6.07) is 6.45. The second kappa shape index (κ2) is 5.85. The maximum Gasteiger partial charge on any atom is 0.0804 e. The number of aliphatic hydroxyl groups is 1. The van der Waals surface area contributed by atoms with Crippen molar-refractivity contribution in [3.8, 4) is 0 Å². The van der Waals surface area contributed by atoms with E-state index in [2.05, 4.69) is 50.8 Å². The van der Waals surface area contributed by atoms with Crippen molar-refractivity contribution < 1.29 is 5.11 Å². The van der Waals surface area contributed by atoms with E-state index in [0.717, 1.165) is 18.5 Å². The fourth-order valence-electron chi connectivity index (χ4n) is 2.00. The van der Waals surface area contributed by atoms with Crippen LogP contribution >= 0.6 is 0 Å². The topological polar surface area (TPSA) is 23.5 Å². The summed E-state index contributed by atoms with van der Waals surface area (Å²) in [5.41, 5.74) is 3.66. The maximum atomic E-state index is 10.3. The Morgan fingerprint density at radius 2 is 1.83 bits per heavy atom. The first-order chi connectivity index (χ1) is 8.21. The zero-order valence-corrected chi connectivity index (χ0v) is 12.6. The number of hydrogen-bond acceptors (Lipinski definition) is 2. The van der Waals surface area contributed by atoms with Gasteiger partial charge in [-0.15, -0.1) is 0 Å². The Bertz CT molecular complexity index is 391. The summed E-state index contributed by atoms with van der Waals surface area (Å²) in [6.45, 7) is 9.58. The van der Waals surface area contributed by atoms with E-state index in [1.807, 2.05) is 14.1 Å². The van der Waals surface area contributed by atoms with Gasteiger partial charge in [0.2, 0.25) is 0 Å². The molecule has 2 heteroatoms. The lowest BCUT2D eigenvalue weighted by molar-refractivity contribution is 0.153. The first-order valence-corrected chi connectivity index (χ1v) is 6.65. The van der Waals surface area contributed by atoms with E-state index in [-0.39, 0.29) is 11.5 Å². The predicted octanol–water partition coefficient (Wildman–Crippen LogP) is 3.28. The molecule has 0 saturated carbocycles. The van der Waals surface area contributed by atoms with Crippen LogP contribution in [0.4, 0.5) is 0 Å². The van der Waals surface area contributed by atoms with Crippen LogP contribution in [0.25, 0.3) is 0 Å². The van der Waals surface area contributed by atoms with Gasteiger partial charge in [-0.25, -0.2) is 0 Å². The van der Waals surface area contributed by atoms with Crippen molar-refractivity contribution in [2.75, 3.05) is 20.6 Å². The maximum absolute atomic E-state index is 10.3. The van der Waals surface area contributed by atoms with Crippen LogP contribution in [0.3, 0.4) is 0 Å². The van der Waals surface area contributed by atoms with Crippen molar-refractivity contribution in [1.82, 2.24) is 4.90 Å². The number of rotatable bonds is 4. The van der Waals surface area contributed by atoms with Gasteiger partial charge in [0.05, 0.1) is 6.10 Å². The highest BCUT2D eigenvalue weighted by molar-refractivity contribution is 5.35. The van der Waals surface area contributed by atoms with Gasteiger partial charge in [0.15, 0.2) is 0 Å². The molecule has 1 aromatic carbocycles. The van der Waals surface area contributed by atoms with Gasteiger partial charge in [0.25, 0.3) is 0 Å². The molecule has 0 aliphatic heterocycles. The molecule has 0 amide bonds. The van der Waals surface area contributed by atoms with Crippen LogP contribution in [-0.4, -0.2) is 30.6 Å². The highest BCUT2D eigenvalue weighted by Crippen LogP contribution is 2.28. The van der Waals surface area contributed by atoms with Crippen molar-refractivity contribution in [2.24, 2.45) is 0 Å². The molecule has 1 rings (SSSR count). The van der Waals surface area contributed by atoms with Crippen LogP contribution in [-0.2, 0) is 5.41 Å². The molecule has 1 N–H and O–H groups in total. The largest absolute Gasteiger partial charge is 0.388 e. The Morgan fingerprint density at radius 1 is 1.22 bits per heavy atom. The zero-order valence-electron chi connectivity index (χ0n) is 12.6. The van der Waals surface area contributed by atoms with Gasteiger partial charge in [-0.2, -0.15) is 0 Å². The summed E-state index contributed by atoms with van der Waals surface area (Å²) in [6.07, 6.45) is 0.413. The Hall–Kier alpha value is -0.860. The van der Waals surface area contributed by atoms with Crippen molar-refractivity contribution >= 4 is 0 Å². The summed E-state index contributed by atoms with van der Waals surface area (Å²) in [5, 5.41) is 10.3. The van der Waals surface area contributed by atoms with E-state index in [1.165, 1.54) is 11.1 Å². The number of hydrogen-bond donors (Lipinski definition) is 1. The Kier molecular flexibility index (Phi) is 4.94. The van der Waals surface area contributed by atoms with E-state index in [1.54, 1.807) is 0 Å². The third-order valence-electron chi connectivity index (χ3n) is 3.35. The summed E-state index contributed by atoms with van der Waals surface area (Å²) >= 11 is 0. The lowest BCUT2D eigenvalue weighted by Gasteiger charge is -2.23. The highest BCUT2D eigenvalue weighted by Gasteiger charge is 2.17. The number of nitrogens with zero attached hydrogens (tertiary/aromatic N) is 1.